The number of carbonyl (C=O) groups excluding carboxylic acids is 2. The molecule has 0 aromatic heterocycles. The van der Waals surface area contributed by atoms with Gasteiger partial charge in [0.15, 0.2) is 6.61 Å². The largest absolute Gasteiger partial charge is 0.483 e. The number of hydrogen-bond donors (Lipinski definition) is 1. The first kappa shape index (κ1) is 25.3. The van der Waals surface area contributed by atoms with E-state index in [1.165, 1.54) is 4.90 Å². The summed E-state index contributed by atoms with van der Waals surface area (Å²) in [7, 11) is 0. The number of rotatable bonds is 9. The number of nitrogens with one attached hydrogen (secondary N) is 1. The summed E-state index contributed by atoms with van der Waals surface area (Å²) in [5.41, 5.74) is 0.580. The van der Waals surface area contributed by atoms with Crippen LogP contribution in [0.3, 0.4) is 0 Å². The Morgan fingerprint density at radius 2 is 1.76 bits per heavy atom. The summed E-state index contributed by atoms with van der Waals surface area (Å²) in [6.07, 6.45) is 0.794. The van der Waals surface area contributed by atoms with Crippen molar-refractivity contribution in [3.63, 3.8) is 0 Å². The van der Waals surface area contributed by atoms with Crippen molar-refractivity contribution in [1.82, 2.24) is 10.2 Å². The standard InChI is InChI=1S/C25H25BrCl2N2O3/c1-3-13-29-25(32)16(2)30(14-19-20(27)9-6-10-21(19)28)23(31)15-33-22-12-11-17-7-4-5-8-18(17)24(22)26/h4-12,16H,3,13-15H2,1-2H3,(H,29,32). The van der Waals surface area contributed by atoms with Gasteiger partial charge in [-0.05, 0) is 58.2 Å². The average Bonchev–Trinajstić information content (AvgIpc) is 2.81. The number of carbonyl (C=O) groups is 2. The summed E-state index contributed by atoms with van der Waals surface area (Å²) >= 11 is 16.2. The van der Waals surface area contributed by atoms with Gasteiger partial charge in [-0.2, -0.15) is 0 Å². The van der Waals surface area contributed by atoms with Crippen LogP contribution in [0.5, 0.6) is 5.75 Å². The van der Waals surface area contributed by atoms with Crippen LogP contribution in [0.4, 0.5) is 0 Å². The highest BCUT2D eigenvalue weighted by Gasteiger charge is 2.28. The monoisotopic (exact) mass is 550 g/mol. The highest BCUT2D eigenvalue weighted by Crippen LogP contribution is 2.33. The molecule has 0 aliphatic rings. The van der Waals surface area contributed by atoms with Crippen molar-refractivity contribution in [2.24, 2.45) is 0 Å². The van der Waals surface area contributed by atoms with Gasteiger partial charge in [0.1, 0.15) is 11.8 Å². The lowest BCUT2D eigenvalue weighted by atomic mass is 10.1. The third-order valence-corrected chi connectivity index (χ3v) is 6.81. The van der Waals surface area contributed by atoms with Gasteiger partial charge in [-0.15, -0.1) is 0 Å². The van der Waals surface area contributed by atoms with Gasteiger partial charge in [0.25, 0.3) is 5.91 Å². The second-order valence-electron chi connectivity index (χ2n) is 7.58. The summed E-state index contributed by atoms with van der Waals surface area (Å²) in [4.78, 5) is 27.4. The van der Waals surface area contributed by atoms with E-state index in [2.05, 4.69) is 21.2 Å². The van der Waals surface area contributed by atoms with Crippen LogP contribution in [0, 0.1) is 0 Å². The minimum Gasteiger partial charge on any atom is -0.483 e. The van der Waals surface area contributed by atoms with E-state index in [0.717, 1.165) is 21.7 Å². The summed E-state index contributed by atoms with van der Waals surface area (Å²) < 4.78 is 6.63. The minimum atomic E-state index is -0.736. The van der Waals surface area contributed by atoms with Gasteiger partial charge >= 0.3 is 0 Å². The molecule has 5 nitrogen and oxygen atoms in total. The quantitative estimate of drug-likeness (QED) is 0.343. The third-order valence-electron chi connectivity index (χ3n) is 5.29. The molecule has 1 atom stereocenters. The van der Waals surface area contributed by atoms with E-state index < -0.39 is 6.04 Å². The topological polar surface area (TPSA) is 58.6 Å². The summed E-state index contributed by atoms with van der Waals surface area (Å²) in [5.74, 6) is -0.0636. The highest BCUT2D eigenvalue weighted by molar-refractivity contribution is 9.10. The second kappa shape index (κ2) is 11.7. The molecule has 3 aromatic carbocycles. The minimum absolute atomic E-state index is 0.0836. The average molecular weight is 552 g/mol. The number of nitrogens with zero attached hydrogens (tertiary/aromatic N) is 1. The summed E-state index contributed by atoms with van der Waals surface area (Å²) in [6.45, 7) is 4.01. The van der Waals surface area contributed by atoms with Crippen molar-refractivity contribution in [3.05, 3.63) is 74.7 Å². The van der Waals surface area contributed by atoms with Crippen molar-refractivity contribution >= 4 is 61.7 Å². The van der Waals surface area contributed by atoms with E-state index in [1.54, 1.807) is 25.1 Å². The van der Waals surface area contributed by atoms with Crippen LogP contribution in [0.2, 0.25) is 10.0 Å². The van der Waals surface area contributed by atoms with E-state index in [4.69, 9.17) is 27.9 Å². The van der Waals surface area contributed by atoms with E-state index in [1.807, 2.05) is 43.3 Å². The molecule has 0 bridgehead atoms. The number of ether oxygens (including phenoxy) is 1. The number of fused-ring (bicyclic) bond motifs is 1. The van der Waals surface area contributed by atoms with E-state index >= 15 is 0 Å². The van der Waals surface area contributed by atoms with Gasteiger partial charge < -0.3 is 15.0 Å². The molecule has 174 valence electrons. The maximum absolute atomic E-state index is 13.3. The van der Waals surface area contributed by atoms with Crippen molar-refractivity contribution in [2.45, 2.75) is 32.9 Å². The second-order valence-corrected chi connectivity index (χ2v) is 9.18. The summed E-state index contributed by atoms with van der Waals surface area (Å²) in [5, 5.41) is 5.73. The molecule has 2 amide bonds. The number of benzene rings is 3. The van der Waals surface area contributed by atoms with Gasteiger partial charge in [-0.1, -0.05) is 66.5 Å². The molecule has 1 unspecified atom stereocenters. The van der Waals surface area contributed by atoms with Crippen molar-refractivity contribution < 1.29 is 14.3 Å². The molecule has 0 radical (unpaired) electrons. The molecule has 0 aliphatic heterocycles. The van der Waals surface area contributed by atoms with Crippen LogP contribution in [-0.4, -0.2) is 35.9 Å². The number of amides is 2. The zero-order valence-corrected chi connectivity index (χ0v) is 21.5. The Hall–Kier alpha value is -2.28. The molecule has 0 spiro atoms. The Balaban J connectivity index is 1.82. The normalized spacial score (nSPS) is 11.8. The van der Waals surface area contributed by atoms with Gasteiger partial charge in [-0.25, -0.2) is 0 Å². The van der Waals surface area contributed by atoms with Crippen LogP contribution in [-0.2, 0) is 16.1 Å². The fraction of sp³-hybridized carbons (Fsp3) is 0.280. The maximum Gasteiger partial charge on any atom is 0.261 e. The Labute approximate surface area is 212 Å². The van der Waals surface area contributed by atoms with E-state index in [0.29, 0.717) is 27.9 Å². The fourth-order valence-electron chi connectivity index (χ4n) is 3.38. The van der Waals surface area contributed by atoms with Crippen LogP contribution in [0.1, 0.15) is 25.8 Å². The molecule has 0 fully saturated rings. The molecule has 33 heavy (non-hydrogen) atoms. The van der Waals surface area contributed by atoms with Crippen LogP contribution in [0.25, 0.3) is 10.8 Å². The zero-order chi connectivity index (χ0) is 24.0. The molecular formula is C25H25BrCl2N2O3. The molecule has 0 saturated heterocycles. The molecule has 0 heterocycles. The highest BCUT2D eigenvalue weighted by atomic mass is 79.9. The van der Waals surface area contributed by atoms with Gasteiger partial charge in [0.2, 0.25) is 5.91 Å². The summed E-state index contributed by atoms with van der Waals surface area (Å²) in [6, 6.07) is 16.0. The molecule has 0 saturated carbocycles. The Morgan fingerprint density at radius 1 is 1.06 bits per heavy atom. The van der Waals surface area contributed by atoms with Crippen molar-refractivity contribution in [1.29, 1.82) is 0 Å². The molecule has 3 rings (SSSR count). The lowest BCUT2D eigenvalue weighted by Crippen LogP contribution is -2.49. The van der Waals surface area contributed by atoms with Gasteiger partial charge in [0, 0.05) is 28.7 Å². The predicted octanol–water partition coefficient (Wildman–Crippen LogP) is 6.23. The van der Waals surface area contributed by atoms with Gasteiger partial charge in [0.05, 0.1) is 4.47 Å². The lowest BCUT2D eigenvalue weighted by Gasteiger charge is -2.29. The van der Waals surface area contributed by atoms with Crippen molar-refractivity contribution in [3.8, 4) is 5.75 Å². The first-order valence-electron chi connectivity index (χ1n) is 10.6. The van der Waals surface area contributed by atoms with Crippen molar-refractivity contribution in [2.75, 3.05) is 13.2 Å². The Morgan fingerprint density at radius 3 is 2.45 bits per heavy atom. The predicted molar refractivity (Wildman–Crippen MR) is 137 cm³/mol. The van der Waals surface area contributed by atoms with Crippen LogP contribution >= 0.6 is 39.1 Å². The Kier molecular flexibility index (Phi) is 9.01. The zero-order valence-electron chi connectivity index (χ0n) is 18.4. The fourth-order valence-corrected chi connectivity index (χ4v) is 4.50. The SMILES string of the molecule is CCCNC(=O)C(C)N(Cc1c(Cl)cccc1Cl)C(=O)COc1ccc2ccccc2c1Br. The van der Waals surface area contributed by atoms with E-state index in [9.17, 15) is 9.59 Å². The molecule has 1 N–H and O–H groups in total. The van der Waals surface area contributed by atoms with Crippen LogP contribution < -0.4 is 10.1 Å². The first-order valence-corrected chi connectivity index (χ1v) is 12.2. The lowest BCUT2D eigenvalue weighted by molar-refractivity contribution is -0.142. The van der Waals surface area contributed by atoms with E-state index in [-0.39, 0.29) is 25.0 Å². The number of halogens is 3. The third kappa shape index (κ3) is 6.19. The number of hydrogen-bond acceptors (Lipinski definition) is 3. The molecule has 8 heteroatoms. The van der Waals surface area contributed by atoms with Gasteiger partial charge in [-0.3, -0.25) is 9.59 Å². The Bertz CT molecular complexity index is 1140. The van der Waals surface area contributed by atoms with Crippen LogP contribution in [0.15, 0.2) is 59.1 Å². The first-order chi connectivity index (χ1) is 15.8. The molecule has 3 aromatic rings. The smallest absolute Gasteiger partial charge is 0.261 e. The molecular weight excluding hydrogens is 527 g/mol. The molecule has 0 aliphatic carbocycles. The maximum atomic E-state index is 13.3.